The number of ether oxygens (including phenoxy) is 2. The van der Waals surface area contributed by atoms with E-state index in [4.69, 9.17) is 20.9 Å². The molecule has 9 N–H and O–H groups in total. The first-order chi connectivity index (χ1) is 35.6. The normalized spacial score (nSPS) is 12.5. The average molecular weight is 1030 g/mol. The number of anilines is 4. The Bertz CT molecular complexity index is 2960. The van der Waals surface area contributed by atoms with Crippen LogP contribution >= 0.6 is 11.8 Å². The van der Waals surface area contributed by atoms with Gasteiger partial charge in [0.25, 0.3) is 6.01 Å². The second-order valence-corrected chi connectivity index (χ2v) is 19.2. The first kappa shape index (κ1) is 53.7. The minimum absolute atomic E-state index is 0.0592. The van der Waals surface area contributed by atoms with Crippen LogP contribution in [0.1, 0.15) is 82.1 Å². The van der Waals surface area contributed by atoms with E-state index < -0.39 is 36.0 Å². The van der Waals surface area contributed by atoms with Gasteiger partial charge in [-0.2, -0.15) is 15.0 Å². The number of urea groups is 1. The lowest BCUT2D eigenvalue weighted by atomic mass is 10.0. The van der Waals surface area contributed by atoms with Crippen LogP contribution in [-0.2, 0) is 45.4 Å². The molecule has 390 valence electrons. The number of aromatic hydroxyl groups is 1. The highest BCUT2D eigenvalue weighted by Gasteiger charge is 2.29. The molecule has 2 atom stereocenters. The molecule has 0 aliphatic carbocycles. The number of hydrogen-bond donors (Lipinski definition) is 7. The van der Waals surface area contributed by atoms with Crippen LogP contribution in [0.2, 0.25) is 0 Å². The maximum absolute atomic E-state index is 14.0. The summed E-state index contributed by atoms with van der Waals surface area (Å²) in [7, 11) is 2.01. The van der Waals surface area contributed by atoms with Crippen molar-refractivity contribution in [3.63, 3.8) is 0 Å². The number of aromatic nitrogens is 5. The maximum atomic E-state index is 14.0. The van der Waals surface area contributed by atoms with Crippen LogP contribution in [0.15, 0.2) is 95.0 Å². The summed E-state index contributed by atoms with van der Waals surface area (Å²) in [4.78, 5) is 87.2. The SMILES string of the molecule is CCCCOc1nc(N)c2nc(O)n(Cc3ccc4c(c3)Sc3cc(CN(Cc5ccncc5)C(=O)OCc5ccc(NC(=O)[C@H](CCCNC(N)=O)NC(=O)C(NC(=O)CC)C(C)C)cc5)ccc3N4C)c2n1. The van der Waals surface area contributed by atoms with Crippen molar-refractivity contribution in [2.75, 3.05) is 36.1 Å². The number of nitrogen functional groups attached to an aromatic ring is 1. The molecule has 3 aromatic carbocycles. The molecule has 6 aromatic rings. The lowest BCUT2D eigenvalue weighted by molar-refractivity contribution is -0.132. The summed E-state index contributed by atoms with van der Waals surface area (Å²) >= 11 is 1.60. The molecule has 0 spiro atoms. The zero-order valence-corrected chi connectivity index (χ0v) is 42.9. The summed E-state index contributed by atoms with van der Waals surface area (Å²) in [6.07, 6.45) is 5.27. The van der Waals surface area contributed by atoms with E-state index >= 15 is 0 Å². The molecule has 0 saturated carbocycles. The van der Waals surface area contributed by atoms with Crippen molar-refractivity contribution in [1.29, 1.82) is 0 Å². The number of benzene rings is 3. The number of carbonyl (C=O) groups is 5. The van der Waals surface area contributed by atoms with Crippen LogP contribution < -0.4 is 42.4 Å². The molecule has 6 amide bonds. The van der Waals surface area contributed by atoms with Crippen molar-refractivity contribution >= 4 is 75.7 Å². The Morgan fingerprint density at radius 2 is 1.50 bits per heavy atom. The smallest absolute Gasteiger partial charge is 0.410 e. The molecule has 21 nitrogen and oxygen atoms in total. The second kappa shape index (κ2) is 25.0. The summed E-state index contributed by atoms with van der Waals surface area (Å²) in [5.74, 6) is -1.44. The number of nitrogens with zero attached hydrogens (tertiary/aromatic N) is 7. The summed E-state index contributed by atoms with van der Waals surface area (Å²) in [5.41, 5.74) is 17.8. The van der Waals surface area contributed by atoms with E-state index in [1.165, 1.54) is 0 Å². The fourth-order valence-electron chi connectivity index (χ4n) is 8.09. The number of carbonyl (C=O) groups excluding carboxylic acids is 5. The van der Waals surface area contributed by atoms with E-state index in [0.29, 0.717) is 29.9 Å². The van der Waals surface area contributed by atoms with Crippen molar-refractivity contribution in [3.8, 4) is 12.0 Å². The third kappa shape index (κ3) is 13.9. The molecule has 0 saturated heterocycles. The van der Waals surface area contributed by atoms with E-state index in [-0.39, 0.29) is 80.8 Å². The monoisotopic (exact) mass is 1030 g/mol. The Kier molecular flexibility index (Phi) is 18.1. The van der Waals surface area contributed by atoms with Crippen LogP contribution in [0.3, 0.4) is 0 Å². The molecule has 74 heavy (non-hydrogen) atoms. The lowest BCUT2D eigenvalue weighted by Crippen LogP contribution is -2.54. The van der Waals surface area contributed by atoms with Gasteiger partial charge in [0.05, 0.1) is 24.5 Å². The van der Waals surface area contributed by atoms with Gasteiger partial charge in [-0.3, -0.25) is 28.8 Å². The highest BCUT2D eigenvalue weighted by atomic mass is 32.2. The molecule has 1 aliphatic heterocycles. The summed E-state index contributed by atoms with van der Waals surface area (Å²) in [6.45, 7) is 8.64. The topological polar surface area (TPSA) is 287 Å². The van der Waals surface area contributed by atoms with Gasteiger partial charge < -0.3 is 52.2 Å². The third-order valence-electron chi connectivity index (χ3n) is 12.2. The Balaban J connectivity index is 1.01. The largest absolute Gasteiger partial charge is 0.480 e. The van der Waals surface area contributed by atoms with Crippen molar-refractivity contribution in [2.45, 2.75) is 108 Å². The number of amides is 6. The molecular formula is C52H63N13O8S. The molecule has 1 aliphatic rings. The Morgan fingerprint density at radius 3 is 2.18 bits per heavy atom. The highest BCUT2D eigenvalue weighted by Crippen LogP contribution is 2.48. The number of nitrogens with two attached hydrogens (primary N) is 2. The second-order valence-electron chi connectivity index (χ2n) is 18.1. The first-order valence-corrected chi connectivity index (χ1v) is 25.3. The minimum atomic E-state index is -0.999. The predicted molar refractivity (Wildman–Crippen MR) is 281 cm³/mol. The number of pyridine rings is 1. The van der Waals surface area contributed by atoms with Crippen LogP contribution in [0.4, 0.5) is 32.5 Å². The van der Waals surface area contributed by atoms with Gasteiger partial charge in [-0.05, 0) is 96.0 Å². The molecule has 0 fully saturated rings. The van der Waals surface area contributed by atoms with Gasteiger partial charge in [0.2, 0.25) is 17.7 Å². The van der Waals surface area contributed by atoms with Crippen molar-refractivity contribution < 1.29 is 38.6 Å². The zero-order chi connectivity index (χ0) is 52.9. The van der Waals surface area contributed by atoms with E-state index in [9.17, 15) is 29.1 Å². The van der Waals surface area contributed by atoms with Gasteiger partial charge in [-0.15, -0.1) is 0 Å². The van der Waals surface area contributed by atoms with E-state index in [1.807, 2.05) is 43.4 Å². The van der Waals surface area contributed by atoms with Crippen LogP contribution in [-0.4, -0.2) is 96.6 Å². The average Bonchev–Trinajstić information content (AvgIpc) is 3.69. The lowest BCUT2D eigenvalue weighted by Gasteiger charge is -2.30. The molecule has 4 heterocycles. The minimum Gasteiger partial charge on any atom is -0.480 e. The van der Waals surface area contributed by atoms with Gasteiger partial charge in [0, 0.05) is 61.0 Å². The van der Waals surface area contributed by atoms with Crippen LogP contribution in [0.5, 0.6) is 12.0 Å². The third-order valence-corrected chi connectivity index (χ3v) is 13.3. The Hall–Kier alpha value is -8.14. The summed E-state index contributed by atoms with van der Waals surface area (Å²) < 4.78 is 13.2. The van der Waals surface area contributed by atoms with Gasteiger partial charge in [-0.1, -0.05) is 70.1 Å². The molecule has 0 radical (unpaired) electrons. The van der Waals surface area contributed by atoms with E-state index in [1.54, 1.807) is 78.7 Å². The standard InChI is InChI=1S/C52H63N13O8S/c1-6-8-24-72-50-61-45(53)44-46(62-50)65(51(70)60-44)29-35-14-18-39-41(26-35)74-40-25-34(13-17-38(40)63(39)5)28-64(27-32-19-22-55-23-20-32)52(71)73-30-33-11-15-36(16-12-33)57-47(67)37(10-9-21-56-49(54)69)58-48(68)43(31(3)4)59-42(66)7-2/h11-20,22-23,25-26,31,37,43H,6-10,21,24,27-30H2,1-5H3,(H,57,67)(H,58,68)(H,59,66)(H,60,70)(H2,53,61,62)(H3,54,56,69)/t37-,43?/m0/s1. The number of rotatable bonds is 23. The zero-order valence-electron chi connectivity index (χ0n) is 42.1. The fourth-order valence-corrected chi connectivity index (χ4v) is 9.37. The van der Waals surface area contributed by atoms with E-state index in [0.717, 1.165) is 50.7 Å². The molecule has 0 bridgehead atoms. The van der Waals surface area contributed by atoms with Crippen molar-refractivity contribution in [2.24, 2.45) is 11.7 Å². The molecule has 1 unspecified atom stereocenters. The number of nitrogens with one attached hydrogen (secondary N) is 4. The van der Waals surface area contributed by atoms with Gasteiger partial charge in [0.1, 0.15) is 18.7 Å². The Morgan fingerprint density at radius 1 is 0.824 bits per heavy atom. The Labute approximate surface area is 433 Å². The summed E-state index contributed by atoms with van der Waals surface area (Å²) in [5, 5.41) is 21.7. The molecule has 3 aromatic heterocycles. The molecular weight excluding hydrogens is 967 g/mol. The van der Waals surface area contributed by atoms with Crippen molar-refractivity contribution in [3.05, 3.63) is 107 Å². The van der Waals surface area contributed by atoms with E-state index in [2.05, 4.69) is 65.2 Å². The number of fused-ring (bicyclic) bond motifs is 3. The quantitative estimate of drug-likeness (QED) is 0.0328. The van der Waals surface area contributed by atoms with Gasteiger partial charge in [0.15, 0.2) is 17.0 Å². The van der Waals surface area contributed by atoms with Gasteiger partial charge >= 0.3 is 18.1 Å². The fraction of sp³-hybridized carbons (Fsp3) is 0.365. The van der Waals surface area contributed by atoms with Crippen LogP contribution in [0.25, 0.3) is 11.2 Å². The molecule has 7 rings (SSSR count). The predicted octanol–water partition coefficient (Wildman–Crippen LogP) is 6.73. The first-order valence-electron chi connectivity index (χ1n) is 24.5. The number of primary amides is 1. The number of unbranched alkanes of at least 4 members (excludes halogenated alkanes) is 1. The van der Waals surface area contributed by atoms with Crippen LogP contribution in [0, 0.1) is 5.92 Å². The van der Waals surface area contributed by atoms with Gasteiger partial charge in [-0.25, -0.2) is 9.59 Å². The maximum Gasteiger partial charge on any atom is 0.410 e. The number of hydrogen-bond acceptors (Lipinski definition) is 15. The summed E-state index contributed by atoms with van der Waals surface area (Å²) in [6, 6.07) is 20.0. The molecule has 22 heteroatoms. The van der Waals surface area contributed by atoms with Crippen molar-refractivity contribution in [1.82, 2.24) is 45.4 Å². The highest BCUT2D eigenvalue weighted by molar-refractivity contribution is 7.99. The number of imidazole rings is 1.